The summed E-state index contributed by atoms with van der Waals surface area (Å²) in [5, 5.41) is 1.44. The standard InChI is InChI=1S/C22H20NO2P/c1-25-20-16-14-19(15-17-20)9-8-18-23-26(24,21-10-4-2-5-11-21)22-12-6-3-7-13-22/h2-18H,1H3/b9-8+,23-18?. The Hall–Kier alpha value is -2.90. The van der Waals surface area contributed by atoms with E-state index >= 15 is 0 Å². The lowest BCUT2D eigenvalue weighted by Gasteiger charge is -2.13. The van der Waals surface area contributed by atoms with Crippen molar-refractivity contribution < 1.29 is 9.30 Å². The van der Waals surface area contributed by atoms with E-state index in [9.17, 15) is 4.57 Å². The van der Waals surface area contributed by atoms with Crippen LogP contribution < -0.4 is 15.3 Å². The van der Waals surface area contributed by atoms with Gasteiger partial charge in [-0.1, -0.05) is 54.6 Å². The summed E-state index contributed by atoms with van der Waals surface area (Å²) >= 11 is 0. The first-order valence-electron chi connectivity index (χ1n) is 8.30. The molecule has 3 aromatic carbocycles. The summed E-state index contributed by atoms with van der Waals surface area (Å²) in [5.41, 5.74) is 1.02. The van der Waals surface area contributed by atoms with Gasteiger partial charge in [0.15, 0.2) is 0 Å². The van der Waals surface area contributed by atoms with Gasteiger partial charge in [0.25, 0.3) is 0 Å². The molecule has 0 heterocycles. The number of nitrogens with zero attached hydrogens (tertiary/aromatic N) is 1. The SMILES string of the molecule is COc1ccc(/C=C/C=NP(=O)(c2ccccc2)c2ccccc2)cc1. The van der Waals surface area contributed by atoms with Crippen LogP contribution in [0.3, 0.4) is 0 Å². The average molecular weight is 361 g/mol. The molecule has 4 heteroatoms. The Balaban J connectivity index is 1.87. The normalized spacial score (nSPS) is 11.9. The monoisotopic (exact) mass is 361 g/mol. The second-order valence-corrected chi connectivity index (χ2v) is 8.06. The maximum Gasteiger partial charge on any atom is 0.247 e. The summed E-state index contributed by atoms with van der Waals surface area (Å²) in [4.78, 5) is 0. The van der Waals surface area contributed by atoms with Crippen molar-refractivity contribution in [2.45, 2.75) is 0 Å². The predicted octanol–water partition coefficient (Wildman–Crippen LogP) is 4.71. The molecule has 0 amide bonds. The molecule has 26 heavy (non-hydrogen) atoms. The van der Waals surface area contributed by atoms with E-state index in [0.717, 1.165) is 21.9 Å². The molecule has 0 fully saturated rings. The Morgan fingerprint density at radius 2 is 1.35 bits per heavy atom. The number of hydrogen-bond donors (Lipinski definition) is 0. The fraction of sp³-hybridized carbons (Fsp3) is 0.0455. The van der Waals surface area contributed by atoms with E-state index in [2.05, 4.69) is 4.76 Å². The molecule has 0 aliphatic heterocycles. The van der Waals surface area contributed by atoms with Gasteiger partial charge in [-0.25, -0.2) is 4.76 Å². The molecule has 0 radical (unpaired) electrons. The fourth-order valence-electron chi connectivity index (χ4n) is 2.54. The molecule has 0 saturated carbocycles. The number of hydrogen-bond acceptors (Lipinski definition) is 2. The zero-order valence-electron chi connectivity index (χ0n) is 14.5. The van der Waals surface area contributed by atoms with Gasteiger partial charge >= 0.3 is 0 Å². The van der Waals surface area contributed by atoms with Crippen LogP contribution in [0.4, 0.5) is 0 Å². The van der Waals surface area contributed by atoms with Crippen LogP contribution in [-0.2, 0) is 4.57 Å². The summed E-state index contributed by atoms with van der Waals surface area (Å²) in [6, 6.07) is 26.5. The molecule has 0 saturated heterocycles. The van der Waals surface area contributed by atoms with E-state index < -0.39 is 7.29 Å². The topological polar surface area (TPSA) is 38.7 Å². The Morgan fingerprint density at radius 1 is 0.808 bits per heavy atom. The maximum absolute atomic E-state index is 13.7. The van der Waals surface area contributed by atoms with Gasteiger partial charge < -0.3 is 4.74 Å². The molecule has 0 aliphatic rings. The second-order valence-electron chi connectivity index (χ2n) is 5.64. The highest BCUT2D eigenvalue weighted by atomic mass is 31.2. The lowest BCUT2D eigenvalue weighted by Crippen LogP contribution is -2.14. The number of benzene rings is 3. The van der Waals surface area contributed by atoms with Gasteiger partial charge in [-0.05, 0) is 48.0 Å². The van der Waals surface area contributed by atoms with Gasteiger partial charge in [-0.15, -0.1) is 0 Å². The second kappa shape index (κ2) is 8.46. The lowest BCUT2D eigenvalue weighted by molar-refractivity contribution is 0.415. The van der Waals surface area contributed by atoms with Crippen molar-refractivity contribution in [2.24, 2.45) is 4.76 Å². The van der Waals surface area contributed by atoms with E-state index in [1.54, 1.807) is 19.4 Å². The highest BCUT2D eigenvalue weighted by molar-refractivity contribution is 7.77. The van der Waals surface area contributed by atoms with Crippen molar-refractivity contribution >= 4 is 30.2 Å². The smallest absolute Gasteiger partial charge is 0.247 e. The minimum Gasteiger partial charge on any atom is -0.497 e. The summed E-state index contributed by atoms with van der Waals surface area (Å²) in [5.74, 6) is 0.813. The van der Waals surface area contributed by atoms with Crippen molar-refractivity contribution in [1.29, 1.82) is 0 Å². The third-order valence-corrected chi connectivity index (χ3v) is 6.39. The number of ether oxygens (including phenoxy) is 1. The Kier molecular flexibility index (Phi) is 5.83. The van der Waals surface area contributed by atoms with Gasteiger partial charge in [-0.2, -0.15) is 0 Å². The lowest BCUT2D eigenvalue weighted by atomic mass is 10.2. The van der Waals surface area contributed by atoms with Crippen LogP contribution >= 0.6 is 7.29 Å². The van der Waals surface area contributed by atoms with Crippen molar-refractivity contribution in [3.63, 3.8) is 0 Å². The van der Waals surface area contributed by atoms with Crippen molar-refractivity contribution in [3.05, 3.63) is 96.6 Å². The van der Waals surface area contributed by atoms with Gasteiger partial charge in [0.2, 0.25) is 7.29 Å². The van der Waals surface area contributed by atoms with Crippen molar-refractivity contribution in [1.82, 2.24) is 0 Å². The van der Waals surface area contributed by atoms with E-state index in [1.165, 1.54) is 0 Å². The maximum atomic E-state index is 13.7. The van der Waals surface area contributed by atoms with E-state index in [1.807, 2.05) is 91.0 Å². The highest BCUT2D eigenvalue weighted by Crippen LogP contribution is 2.44. The van der Waals surface area contributed by atoms with E-state index in [0.29, 0.717) is 0 Å². The van der Waals surface area contributed by atoms with Gasteiger partial charge in [0, 0.05) is 16.8 Å². The van der Waals surface area contributed by atoms with Crippen LogP contribution in [0.1, 0.15) is 5.56 Å². The van der Waals surface area contributed by atoms with Gasteiger partial charge in [0.1, 0.15) is 5.75 Å². The molecular formula is C22H20NO2P. The van der Waals surface area contributed by atoms with Crippen molar-refractivity contribution in [2.75, 3.05) is 7.11 Å². The van der Waals surface area contributed by atoms with Crippen LogP contribution in [0.5, 0.6) is 5.75 Å². The van der Waals surface area contributed by atoms with Gasteiger partial charge in [0.05, 0.1) is 7.11 Å². The highest BCUT2D eigenvalue weighted by Gasteiger charge is 2.25. The third-order valence-electron chi connectivity index (χ3n) is 3.93. The third kappa shape index (κ3) is 4.19. The number of rotatable bonds is 6. The van der Waals surface area contributed by atoms with Crippen LogP contribution in [0.15, 0.2) is 95.8 Å². The summed E-state index contributed by atoms with van der Waals surface area (Å²) in [7, 11) is -1.42. The first-order valence-corrected chi connectivity index (χ1v) is 9.96. The molecular weight excluding hydrogens is 341 g/mol. The molecule has 0 aromatic heterocycles. The van der Waals surface area contributed by atoms with Crippen LogP contribution in [0, 0.1) is 0 Å². The van der Waals surface area contributed by atoms with Crippen molar-refractivity contribution in [3.8, 4) is 5.75 Å². The quantitative estimate of drug-likeness (QED) is 0.471. The summed E-state index contributed by atoms with van der Waals surface area (Å²) in [6.45, 7) is 0. The van der Waals surface area contributed by atoms with E-state index in [4.69, 9.17) is 4.74 Å². The summed E-state index contributed by atoms with van der Waals surface area (Å²) in [6.07, 6.45) is 5.34. The summed E-state index contributed by atoms with van der Waals surface area (Å²) < 4.78 is 23.3. The molecule has 0 unspecified atom stereocenters. The minimum absolute atomic E-state index is 0.722. The van der Waals surface area contributed by atoms with Gasteiger partial charge in [-0.3, -0.25) is 4.57 Å². The molecule has 0 aliphatic carbocycles. The predicted molar refractivity (Wildman–Crippen MR) is 110 cm³/mol. The van der Waals surface area contributed by atoms with Crippen LogP contribution in [0.2, 0.25) is 0 Å². The molecule has 0 N–H and O–H groups in total. The zero-order chi connectivity index (χ0) is 18.2. The molecule has 3 aromatic rings. The Morgan fingerprint density at radius 3 is 1.85 bits per heavy atom. The molecule has 3 rings (SSSR count). The molecule has 0 atom stereocenters. The number of allylic oxidation sites excluding steroid dienone is 1. The molecule has 130 valence electrons. The first-order chi connectivity index (χ1) is 12.7. The first kappa shape index (κ1) is 17.9. The molecule has 0 spiro atoms. The van der Waals surface area contributed by atoms with E-state index in [-0.39, 0.29) is 0 Å². The molecule has 3 nitrogen and oxygen atoms in total. The molecule has 0 bridgehead atoms. The van der Waals surface area contributed by atoms with Crippen LogP contribution in [-0.4, -0.2) is 13.3 Å². The minimum atomic E-state index is -3.06. The Bertz CT molecular complexity index is 889. The Labute approximate surface area is 154 Å². The van der Waals surface area contributed by atoms with Crippen LogP contribution in [0.25, 0.3) is 6.08 Å². The number of methoxy groups -OCH3 is 1. The zero-order valence-corrected chi connectivity index (χ0v) is 15.4. The fourth-order valence-corrected chi connectivity index (χ4v) is 4.53. The largest absolute Gasteiger partial charge is 0.497 e. The average Bonchev–Trinajstić information content (AvgIpc) is 2.73.